The summed E-state index contributed by atoms with van der Waals surface area (Å²) in [6.45, 7) is 2.37. The van der Waals surface area contributed by atoms with Gasteiger partial charge in [-0.15, -0.1) is 0 Å². The Kier molecular flexibility index (Phi) is 5.73. The molecule has 1 atom stereocenters. The van der Waals surface area contributed by atoms with Gasteiger partial charge in [0.15, 0.2) is 0 Å². The van der Waals surface area contributed by atoms with Crippen LogP contribution in [0.1, 0.15) is 13.3 Å². The zero-order valence-corrected chi connectivity index (χ0v) is 12.4. The van der Waals surface area contributed by atoms with Gasteiger partial charge in [0.1, 0.15) is 0 Å². The molecule has 1 aromatic rings. The van der Waals surface area contributed by atoms with Crippen LogP contribution in [0.4, 0.5) is 5.69 Å². The highest BCUT2D eigenvalue weighted by Gasteiger charge is 2.13. The molecule has 94 valence electrons. The molecule has 17 heavy (non-hydrogen) atoms. The Balaban J connectivity index is 2.78. The molecule has 1 amide bonds. The Hall–Kier alpha value is -0.290. The third-order valence-electron chi connectivity index (χ3n) is 2.21. The van der Waals surface area contributed by atoms with Gasteiger partial charge in [-0.05, 0) is 24.6 Å². The Bertz CT molecular complexity index is 403. The number of halogens is 3. The van der Waals surface area contributed by atoms with Gasteiger partial charge >= 0.3 is 0 Å². The summed E-state index contributed by atoms with van der Waals surface area (Å²) in [5.74, 6) is -0.0166. The molecule has 0 saturated heterocycles. The molecule has 0 aromatic heterocycles. The molecule has 6 heteroatoms. The van der Waals surface area contributed by atoms with Crippen molar-refractivity contribution < 1.29 is 4.79 Å². The Morgan fingerprint density at radius 3 is 2.47 bits per heavy atom. The first kappa shape index (κ1) is 14.8. The van der Waals surface area contributed by atoms with E-state index in [4.69, 9.17) is 28.9 Å². The second kappa shape index (κ2) is 6.59. The summed E-state index contributed by atoms with van der Waals surface area (Å²) in [7, 11) is 0. The molecule has 0 saturated carbocycles. The zero-order valence-electron chi connectivity index (χ0n) is 9.27. The molecule has 3 N–H and O–H groups in total. The van der Waals surface area contributed by atoms with Crippen molar-refractivity contribution >= 4 is 50.7 Å². The van der Waals surface area contributed by atoms with Gasteiger partial charge in [0.25, 0.3) is 0 Å². The summed E-state index contributed by atoms with van der Waals surface area (Å²) in [6, 6.07) is 3.35. The van der Waals surface area contributed by atoms with Crippen molar-refractivity contribution in [2.45, 2.75) is 13.3 Å². The lowest BCUT2D eigenvalue weighted by Gasteiger charge is -2.12. The quantitative estimate of drug-likeness (QED) is 0.879. The van der Waals surface area contributed by atoms with Gasteiger partial charge in [0, 0.05) is 10.9 Å². The molecule has 3 nitrogen and oxygen atoms in total. The summed E-state index contributed by atoms with van der Waals surface area (Å²) in [5.41, 5.74) is 5.89. The van der Waals surface area contributed by atoms with Crippen LogP contribution in [0.5, 0.6) is 0 Å². The molecule has 0 spiro atoms. The van der Waals surface area contributed by atoms with Gasteiger partial charge < -0.3 is 11.1 Å². The molecule has 1 unspecified atom stereocenters. The van der Waals surface area contributed by atoms with E-state index >= 15 is 0 Å². The van der Waals surface area contributed by atoms with Crippen LogP contribution in [-0.2, 0) is 4.79 Å². The van der Waals surface area contributed by atoms with E-state index in [1.807, 2.05) is 6.92 Å². The van der Waals surface area contributed by atoms with Gasteiger partial charge in [-0.25, -0.2) is 0 Å². The monoisotopic (exact) mass is 338 g/mol. The molecule has 0 fully saturated rings. The molecule has 0 heterocycles. The number of hydrogen-bond acceptors (Lipinski definition) is 2. The predicted octanol–water partition coefficient (Wildman–Crippen LogP) is 3.68. The minimum atomic E-state index is -0.144. The predicted molar refractivity (Wildman–Crippen MR) is 75.6 cm³/mol. The van der Waals surface area contributed by atoms with Crippen LogP contribution in [0.25, 0.3) is 0 Å². The van der Waals surface area contributed by atoms with Gasteiger partial charge in [-0.2, -0.15) is 0 Å². The third kappa shape index (κ3) is 4.47. The molecule has 0 aliphatic carbocycles. The second-order valence-electron chi connectivity index (χ2n) is 3.84. The van der Waals surface area contributed by atoms with Crippen molar-refractivity contribution in [2.75, 3.05) is 11.9 Å². The normalized spacial score (nSPS) is 12.3. The standard InChI is InChI=1S/C11H13BrCl2N2O/c1-6(5-15)2-10(17)16-11-8(13)3-7(12)4-9(11)14/h3-4,6H,2,5,15H2,1H3,(H,16,17). The number of nitrogens with two attached hydrogens (primary N) is 1. The molecule has 0 aliphatic rings. The maximum Gasteiger partial charge on any atom is 0.224 e. The highest BCUT2D eigenvalue weighted by molar-refractivity contribution is 9.10. The SMILES string of the molecule is CC(CN)CC(=O)Nc1c(Cl)cc(Br)cc1Cl. The molecular formula is C11H13BrCl2N2O. The van der Waals surface area contributed by atoms with Crippen molar-refractivity contribution in [3.63, 3.8) is 0 Å². The van der Waals surface area contributed by atoms with Crippen molar-refractivity contribution in [2.24, 2.45) is 11.7 Å². The van der Waals surface area contributed by atoms with Crippen LogP contribution < -0.4 is 11.1 Å². The number of carbonyl (C=O) groups is 1. The number of benzene rings is 1. The maximum atomic E-state index is 11.7. The summed E-state index contributed by atoms with van der Waals surface area (Å²) < 4.78 is 0.765. The lowest BCUT2D eigenvalue weighted by molar-refractivity contribution is -0.116. The van der Waals surface area contributed by atoms with Crippen LogP contribution in [-0.4, -0.2) is 12.5 Å². The number of amides is 1. The minimum Gasteiger partial charge on any atom is -0.330 e. The molecule has 0 aliphatic heterocycles. The Morgan fingerprint density at radius 1 is 1.47 bits per heavy atom. The van der Waals surface area contributed by atoms with Gasteiger partial charge in [-0.3, -0.25) is 4.79 Å². The van der Waals surface area contributed by atoms with E-state index in [0.29, 0.717) is 28.7 Å². The molecule has 1 aromatic carbocycles. The van der Waals surface area contributed by atoms with Crippen molar-refractivity contribution in [3.8, 4) is 0 Å². The van der Waals surface area contributed by atoms with E-state index in [1.54, 1.807) is 12.1 Å². The number of anilines is 1. The van der Waals surface area contributed by atoms with E-state index in [0.717, 1.165) is 4.47 Å². The first-order valence-electron chi connectivity index (χ1n) is 5.08. The van der Waals surface area contributed by atoms with Gasteiger partial charge in [0.2, 0.25) is 5.91 Å². The first-order valence-corrected chi connectivity index (χ1v) is 6.63. The van der Waals surface area contributed by atoms with Crippen LogP contribution in [0, 0.1) is 5.92 Å². The Morgan fingerprint density at radius 2 is 2.00 bits per heavy atom. The largest absolute Gasteiger partial charge is 0.330 e. The highest BCUT2D eigenvalue weighted by atomic mass is 79.9. The average molecular weight is 340 g/mol. The molecule has 0 radical (unpaired) electrons. The molecular weight excluding hydrogens is 327 g/mol. The number of hydrogen-bond donors (Lipinski definition) is 2. The smallest absolute Gasteiger partial charge is 0.224 e. The summed E-state index contributed by atoms with van der Waals surface area (Å²) in [5, 5.41) is 3.49. The minimum absolute atomic E-state index is 0.128. The summed E-state index contributed by atoms with van der Waals surface area (Å²) >= 11 is 15.3. The number of nitrogens with one attached hydrogen (secondary N) is 1. The van der Waals surface area contributed by atoms with Crippen molar-refractivity contribution in [1.82, 2.24) is 0 Å². The average Bonchev–Trinajstić information content (AvgIpc) is 2.23. The Labute approximate surface area is 119 Å². The topological polar surface area (TPSA) is 55.1 Å². The number of rotatable bonds is 4. The maximum absolute atomic E-state index is 11.7. The van der Waals surface area contributed by atoms with E-state index in [1.165, 1.54) is 0 Å². The summed E-state index contributed by atoms with van der Waals surface area (Å²) in [6.07, 6.45) is 0.346. The van der Waals surface area contributed by atoms with E-state index in [9.17, 15) is 4.79 Å². The lowest BCUT2D eigenvalue weighted by Crippen LogP contribution is -2.20. The van der Waals surface area contributed by atoms with E-state index in [2.05, 4.69) is 21.2 Å². The molecule has 0 bridgehead atoms. The van der Waals surface area contributed by atoms with Crippen molar-refractivity contribution in [1.29, 1.82) is 0 Å². The van der Waals surface area contributed by atoms with E-state index < -0.39 is 0 Å². The molecule has 1 rings (SSSR count). The van der Waals surface area contributed by atoms with Crippen LogP contribution in [0.15, 0.2) is 16.6 Å². The number of carbonyl (C=O) groups excluding carboxylic acids is 1. The van der Waals surface area contributed by atoms with E-state index in [-0.39, 0.29) is 11.8 Å². The van der Waals surface area contributed by atoms with Gasteiger partial charge in [-0.1, -0.05) is 46.1 Å². The third-order valence-corrected chi connectivity index (χ3v) is 3.26. The van der Waals surface area contributed by atoms with Crippen molar-refractivity contribution in [3.05, 3.63) is 26.7 Å². The highest BCUT2D eigenvalue weighted by Crippen LogP contribution is 2.33. The fourth-order valence-electron chi connectivity index (χ4n) is 1.25. The fraction of sp³-hybridized carbons (Fsp3) is 0.364. The summed E-state index contributed by atoms with van der Waals surface area (Å²) in [4.78, 5) is 11.7. The zero-order chi connectivity index (χ0) is 13.0. The fourth-order valence-corrected chi connectivity index (χ4v) is 2.55. The van der Waals surface area contributed by atoms with Crippen LogP contribution >= 0.6 is 39.1 Å². The van der Waals surface area contributed by atoms with Crippen LogP contribution in [0.3, 0.4) is 0 Å². The lowest BCUT2D eigenvalue weighted by atomic mass is 10.1. The first-order chi connectivity index (χ1) is 7.93. The second-order valence-corrected chi connectivity index (χ2v) is 5.57. The van der Waals surface area contributed by atoms with Crippen LogP contribution in [0.2, 0.25) is 10.0 Å². The van der Waals surface area contributed by atoms with Gasteiger partial charge in [0.05, 0.1) is 15.7 Å².